The highest BCUT2D eigenvalue weighted by molar-refractivity contribution is 5.94. The Morgan fingerprint density at radius 2 is 1.76 bits per heavy atom. The van der Waals surface area contributed by atoms with Crippen LogP contribution in [0.25, 0.3) is 22.4 Å². The fourth-order valence-electron chi connectivity index (χ4n) is 4.43. The van der Waals surface area contributed by atoms with Gasteiger partial charge >= 0.3 is 23.9 Å². The third-order valence-corrected chi connectivity index (χ3v) is 5.98. The van der Waals surface area contributed by atoms with Gasteiger partial charge in [-0.2, -0.15) is 0 Å². The number of carbonyl (C=O) groups excluding carboxylic acids is 4. The second-order valence-electron chi connectivity index (χ2n) is 8.87. The normalized spacial score (nSPS) is 20.9. The van der Waals surface area contributed by atoms with E-state index in [-0.39, 0.29) is 13.0 Å². The van der Waals surface area contributed by atoms with E-state index in [0.717, 1.165) is 0 Å². The molecule has 1 N–H and O–H groups in total. The maximum Gasteiger partial charge on any atom is 0.337 e. The fraction of sp³-hybridized carbons (Fsp3) is 0.370. The van der Waals surface area contributed by atoms with Crippen LogP contribution >= 0.6 is 0 Å². The van der Waals surface area contributed by atoms with E-state index in [4.69, 9.17) is 23.7 Å². The van der Waals surface area contributed by atoms with E-state index in [2.05, 4.69) is 9.97 Å². The summed E-state index contributed by atoms with van der Waals surface area (Å²) in [4.78, 5) is 54.9. The number of rotatable bonds is 7. The number of nitrogens with zero attached hydrogens (tertiary/aromatic N) is 1. The van der Waals surface area contributed by atoms with Crippen molar-refractivity contribution in [2.24, 2.45) is 0 Å². The van der Waals surface area contributed by atoms with E-state index in [0.29, 0.717) is 33.5 Å². The Kier molecular flexibility index (Phi) is 8.06. The van der Waals surface area contributed by atoms with E-state index in [1.54, 1.807) is 30.3 Å². The van der Waals surface area contributed by atoms with Gasteiger partial charge in [-0.1, -0.05) is 18.2 Å². The summed E-state index contributed by atoms with van der Waals surface area (Å²) < 4.78 is 27.2. The molecule has 1 saturated heterocycles. The summed E-state index contributed by atoms with van der Waals surface area (Å²) >= 11 is 0. The molecular weight excluding hydrogens is 496 g/mol. The van der Waals surface area contributed by atoms with Crippen molar-refractivity contribution in [2.75, 3.05) is 13.7 Å². The molecule has 4 atom stereocenters. The molecule has 1 fully saturated rings. The molecule has 0 aliphatic carbocycles. The van der Waals surface area contributed by atoms with Crippen LogP contribution in [0, 0.1) is 0 Å². The van der Waals surface area contributed by atoms with E-state index in [1.165, 1.54) is 27.9 Å². The lowest BCUT2D eigenvalue weighted by molar-refractivity contribution is -0.214. The van der Waals surface area contributed by atoms with E-state index >= 15 is 0 Å². The Morgan fingerprint density at radius 1 is 1.00 bits per heavy atom. The van der Waals surface area contributed by atoms with Crippen LogP contribution < -0.4 is 0 Å². The van der Waals surface area contributed by atoms with Gasteiger partial charge in [0.15, 0.2) is 6.10 Å². The molecule has 1 aromatic heterocycles. The number of methoxy groups -OCH3 is 1. The van der Waals surface area contributed by atoms with Gasteiger partial charge in [-0.25, -0.2) is 9.78 Å². The predicted octanol–water partition coefficient (Wildman–Crippen LogP) is 3.27. The van der Waals surface area contributed by atoms with E-state index in [9.17, 15) is 19.2 Å². The van der Waals surface area contributed by atoms with E-state index < -0.39 is 48.3 Å². The standard InChI is InChI=1S/C27H28N2O9/c1-14(30)35-13-20-12-23(36-15(2)31)25(37-16(3)32)24(38-20)17-6-5-7-18(10-17)26-28-21-9-8-19(27(33)34-4)11-22(21)29-26/h5-11,20,23-25H,12-13H2,1-4H3,(H,28,29). The Bertz CT molecular complexity index is 1370. The fourth-order valence-corrected chi connectivity index (χ4v) is 4.43. The Morgan fingerprint density at radius 3 is 2.45 bits per heavy atom. The van der Waals surface area contributed by atoms with Crippen molar-refractivity contribution in [3.05, 3.63) is 53.6 Å². The number of benzene rings is 2. The number of esters is 4. The maximum atomic E-state index is 12.0. The summed E-state index contributed by atoms with van der Waals surface area (Å²) in [5.41, 5.74) is 3.03. The van der Waals surface area contributed by atoms with Crippen molar-refractivity contribution in [3.63, 3.8) is 0 Å². The summed E-state index contributed by atoms with van der Waals surface area (Å²) in [5, 5.41) is 0. The number of aromatic nitrogens is 2. The lowest BCUT2D eigenvalue weighted by Crippen LogP contribution is -2.48. The van der Waals surface area contributed by atoms with Crippen LogP contribution in [-0.2, 0) is 38.1 Å². The van der Waals surface area contributed by atoms with Gasteiger partial charge in [0.25, 0.3) is 0 Å². The highest BCUT2D eigenvalue weighted by Crippen LogP contribution is 2.37. The summed E-state index contributed by atoms with van der Waals surface area (Å²) in [6.07, 6.45) is -3.01. The molecule has 1 aliphatic rings. The average molecular weight is 525 g/mol. The van der Waals surface area contributed by atoms with Gasteiger partial charge in [0, 0.05) is 32.8 Å². The largest absolute Gasteiger partial charge is 0.465 e. The smallest absolute Gasteiger partial charge is 0.337 e. The number of fused-ring (bicyclic) bond motifs is 1. The van der Waals surface area contributed by atoms with Crippen molar-refractivity contribution in [2.45, 2.75) is 51.6 Å². The van der Waals surface area contributed by atoms with Crippen LogP contribution in [0.5, 0.6) is 0 Å². The van der Waals surface area contributed by atoms with Crippen molar-refractivity contribution in [1.82, 2.24) is 9.97 Å². The van der Waals surface area contributed by atoms with Crippen LogP contribution in [0.15, 0.2) is 42.5 Å². The molecule has 3 aromatic rings. The third-order valence-electron chi connectivity index (χ3n) is 5.98. The summed E-state index contributed by atoms with van der Waals surface area (Å²) in [5.74, 6) is -1.49. The SMILES string of the molecule is COC(=O)c1ccc2nc(-c3cccc(C4OC(COC(C)=O)CC(OC(C)=O)C4OC(C)=O)c3)[nH]c2c1. The molecule has 11 heteroatoms. The van der Waals surface area contributed by atoms with Gasteiger partial charge in [-0.15, -0.1) is 0 Å². The number of hydrogen-bond donors (Lipinski definition) is 1. The van der Waals surface area contributed by atoms with Gasteiger partial charge in [-0.05, 0) is 29.8 Å². The van der Waals surface area contributed by atoms with Gasteiger partial charge in [0.05, 0.1) is 29.8 Å². The van der Waals surface area contributed by atoms with Crippen molar-refractivity contribution < 1.29 is 42.9 Å². The average Bonchev–Trinajstić information content (AvgIpc) is 3.31. The Labute approximate surface area is 218 Å². The first-order chi connectivity index (χ1) is 18.1. The molecular formula is C27H28N2O9. The second-order valence-corrected chi connectivity index (χ2v) is 8.87. The minimum Gasteiger partial charge on any atom is -0.465 e. The zero-order valence-corrected chi connectivity index (χ0v) is 21.4. The van der Waals surface area contributed by atoms with Gasteiger partial charge in [0.2, 0.25) is 0 Å². The molecule has 2 aromatic carbocycles. The molecule has 4 rings (SSSR count). The Hall–Kier alpha value is -4.25. The third kappa shape index (κ3) is 6.17. The van der Waals surface area contributed by atoms with Crippen LogP contribution in [0.2, 0.25) is 0 Å². The molecule has 11 nitrogen and oxygen atoms in total. The topological polar surface area (TPSA) is 143 Å². The van der Waals surface area contributed by atoms with Crippen LogP contribution in [0.4, 0.5) is 0 Å². The number of ether oxygens (including phenoxy) is 5. The predicted molar refractivity (Wildman–Crippen MR) is 133 cm³/mol. The zero-order valence-electron chi connectivity index (χ0n) is 21.4. The minimum absolute atomic E-state index is 0.0534. The van der Waals surface area contributed by atoms with Crippen molar-refractivity contribution >= 4 is 34.9 Å². The summed E-state index contributed by atoms with van der Waals surface area (Å²) in [7, 11) is 1.32. The zero-order chi connectivity index (χ0) is 27.4. The maximum absolute atomic E-state index is 12.0. The number of nitrogens with one attached hydrogen (secondary N) is 1. The summed E-state index contributed by atoms with van der Waals surface area (Å²) in [6, 6.07) is 12.3. The van der Waals surface area contributed by atoms with Crippen LogP contribution in [-0.4, -0.2) is 65.9 Å². The number of aromatic amines is 1. The molecule has 0 radical (unpaired) electrons. The first kappa shape index (κ1) is 26.8. The first-order valence-electron chi connectivity index (χ1n) is 12.0. The number of H-pyrrole nitrogens is 1. The van der Waals surface area contributed by atoms with Gasteiger partial charge < -0.3 is 28.7 Å². The number of hydrogen-bond acceptors (Lipinski definition) is 10. The quantitative estimate of drug-likeness (QED) is 0.361. The van der Waals surface area contributed by atoms with E-state index in [1.807, 2.05) is 12.1 Å². The number of imidazole rings is 1. The lowest BCUT2D eigenvalue weighted by atomic mass is 9.92. The molecule has 4 unspecified atom stereocenters. The van der Waals surface area contributed by atoms with Crippen LogP contribution in [0.3, 0.4) is 0 Å². The monoisotopic (exact) mass is 524 g/mol. The first-order valence-corrected chi connectivity index (χ1v) is 12.0. The molecule has 0 bridgehead atoms. The van der Waals surface area contributed by atoms with Crippen molar-refractivity contribution in [3.8, 4) is 11.4 Å². The van der Waals surface area contributed by atoms with Crippen LogP contribution in [0.1, 0.15) is 49.2 Å². The minimum atomic E-state index is -0.932. The molecule has 0 saturated carbocycles. The highest BCUT2D eigenvalue weighted by atomic mass is 16.6. The lowest BCUT2D eigenvalue weighted by Gasteiger charge is -2.40. The molecule has 0 amide bonds. The highest BCUT2D eigenvalue weighted by Gasteiger charge is 2.44. The van der Waals surface area contributed by atoms with Gasteiger partial charge in [0.1, 0.15) is 24.6 Å². The Balaban J connectivity index is 1.70. The molecule has 200 valence electrons. The molecule has 2 heterocycles. The molecule has 38 heavy (non-hydrogen) atoms. The molecule has 0 spiro atoms. The summed E-state index contributed by atoms with van der Waals surface area (Å²) in [6.45, 7) is 3.77. The molecule has 1 aliphatic heterocycles. The number of carbonyl (C=O) groups is 4. The van der Waals surface area contributed by atoms with Crippen molar-refractivity contribution in [1.29, 1.82) is 0 Å². The van der Waals surface area contributed by atoms with Gasteiger partial charge in [-0.3, -0.25) is 14.4 Å². The second kappa shape index (κ2) is 11.4.